The molecular weight excluding hydrogens is 262 g/mol. The van der Waals surface area contributed by atoms with Crippen LogP contribution in [0.3, 0.4) is 0 Å². The molecule has 2 rings (SSSR count). The van der Waals surface area contributed by atoms with Gasteiger partial charge in [0.2, 0.25) is 0 Å². The molecule has 0 N–H and O–H groups in total. The van der Waals surface area contributed by atoms with Gasteiger partial charge in [-0.2, -0.15) is 0 Å². The number of carbonyl (C=O) groups excluding carboxylic acids is 1. The van der Waals surface area contributed by atoms with Crippen LogP contribution in [-0.2, 0) is 5.41 Å². The molecule has 1 saturated heterocycles. The zero-order valence-corrected chi connectivity index (χ0v) is 13.9. The van der Waals surface area contributed by atoms with Crippen molar-refractivity contribution in [3.8, 4) is 0 Å². The Kier molecular flexibility index (Phi) is 4.45. The normalized spacial score (nSPS) is 16.0. The predicted octanol–water partition coefficient (Wildman–Crippen LogP) is 2.79. The van der Waals surface area contributed by atoms with Gasteiger partial charge in [-0.25, -0.2) is 4.79 Å². The summed E-state index contributed by atoms with van der Waals surface area (Å²) in [5, 5.41) is 0. The fourth-order valence-electron chi connectivity index (χ4n) is 2.61. The van der Waals surface area contributed by atoms with Crippen molar-refractivity contribution < 1.29 is 4.79 Å². The second-order valence-corrected chi connectivity index (χ2v) is 6.95. The second kappa shape index (κ2) is 5.96. The number of piperazine rings is 1. The first-order chi connectivity index (χ1) is 9.79. The topological polar surface area (TPSA) is 26.8 Å². The lowest BCUT2D eigenvalue weighted by Crippen LogP contribution is -2.51. The summed E-state index contributed by atoms with van der Waals surface area (Å²) < 4.78 is 0. The zero-order valence-electron chi connectivity index (χ0n) is 13.9. The Morgan fingerprint density at radius 3 is 1.95 bits per heavy atom. The fourth-order valence-corrected chi connectivity index (χ4v) is 2.61. The molecule has 1 aromatic rings. The van der Waals surface area contributed by atoms with E-state index in [0.717, 1.165) is 26.2 Å². The van der Waals surface area contributed by atoms with Gasteiger partial charge < -0.3 is 14.7 Å². The Morgan fingerprint density at radius 1 is 1.00 bits per heavy atom. The van der Waals surface area contributed by atoms with Gasteiger partial charge in [0.15, 0.2) is 0 Å². The number of rotatable bonds is 1. The van der Waals surface area contributed by atoms with Crippen molar-refractivity contribution in [1.82, 2.24) is 9.80 Å². The van der Waals surface area contributed by atoms with Crippen LogP contribution in [-0.4, -0.2) is 56.1 Å². The maximum absolute atomic E-state index is 11.9. The summed E-state index contributed by atoms with van der Waals surface area (Å²) in [5.74, 6) is 0. The van der Waals surface area contributed by atoms with Gasteiger partial charge in [-0.05, 0) is 23.1 Å². The van der Waals surface area contributed by atoms with E-state index in [0.29, 0.717) is 0 Å². The average molecular weight is 289 g/mol. The summed E-state index contributed by atoms with van der Waals surface area (Å²) in [6, 6.07) is 8.94. The van der Waals surface area contributed by atoms with E-state index in [1.807, 2.05) is 4.90 Å². The number of benzene rings is 1. The highest BCUT2D eigenvalue weighted by Gasteiger charge is 2.22. The molecule has 4 heteroatoms. The largest absolute Gasteiger partial charge is 0.368 e. The highest BCUT2D eigenvalue weighted by molar-refractivity contribution is 5.74. The van der Waals surface area contributed by atoms with Gasteiger partial charge in [0.1, 0.15) is 0 Å². The number of nitrogens with zero attached hydrogens (tertiary/aromatic N) is 3. The third kappa shape index (κ3) is 3.69. The lowest BCUT2D eigenvalue weighted by atomic mass is 9.87. The van der Waals surface area contributed by atoms with Crippen LogP contribution in [0.2, 0.25) is 0 Å². The predicted molar refractivity (Wildman–Crippen MR) is 88.0 cm³/mol. The Labute approximate surface area is 128 Å². The molecule has 0 aromatic heterocycles. The van der Waals surface area contributed by atoms with Crippen molar-refractivity contribution in [2.75, 3.05) is 45.2 Å². The van der Waals surface area contributed by atoms with Gasteiger partial charge in [0.05, 0.1) is 0 Å². The maximum Gasteiger partial charge on any atom is 0.319 e. The van der Waals surface area contributed by atoms with E-state index in [1.54, 1.807) is 19.0 Å². The van der Waals surface area contributed by atoms with Crippen molar-refractivity contribution in [3.63, 3.8) is 0 Å². The molecule has 116 valence electrons. The third-order valence-electron chi connectivity index (χ3n) is 4.03. The number of carbonyl (C=O) groups is 1. The minimum absolute atomic E-state index is 0.109. The standard InChI is InChI=1S/C17H27N3O/c1-17(2,3)14-6-8-15(9-7-14)19-10-12-20(13-11-19)16(21)18(4)5/h6-9H,10-13H2,1-5H3. The molecule has 1 heterocycles. The summed E-state index contributed by atoms with van der Waals surface area (Å²) in [6.45, 7) is 10.1. The van der Waals surface area contributed by atoms with Crippen LogP contribution >= 0.6 is 0 Å². The lowest BCUT2D eigenvalue weighted by Gasteiger charge is -2.37. The number of urea groups is 1. The number of hydrogen-bond donors (Lipinski definition) is 0. The van der Waals surface area contributed by atoms with E-state index >= 15 is 0 Å². The third-order valence-corrected chi connectivity index (χ3v) is 4.03. The minimum Gasteiger partial charge on any atom is -0.368 e. The molecule has 2 amide bonds. The number of hydrogen-bond acceptors (Lipinski definition) is 2. The number of anilines is 1. The molecule has 0 radical (unpaired) electrons. The highest BCUT2D eigenvalue weighted by Crippen LogP contribution is 2.25. The fraction of sp³-hybridized carbons (Fsp3) is 0.588. The Bertz CT molecular complexity index is 480. The van der Waals surface area contributed by atoms with Gasteiger partial charge in [0.25, 0.3) is 0 Å². The van der Waals surface area contributed by atoms with Gasteiger partial charge >= 0.3 is 6.03 Å². The second-order valence-electron chi connectivity index (χ2n) is 6.95. The molecule has 1 aromatic carbocycles. The quantitative estimate of drug-likeness (QED) is 0.795. The zero-order chi connectivity index (χ0) is 15.6. The summed E-state index contributed by atoms with van der Waals surface area (Å²) in [4.78, 5) is 17.8. The molecule has 0 unspecified atom stereocenters. The van der Waals surface area contributed by atoms with Gasteiger partial charge in [-0.15, -0.1) is 0 Å². The highest BCUT2D eigenvalue weighted by atomic mass is 16.2. The molecule has 1 aliphatic heterocycles. The van der Waals surface area contributed by atoms with Crippen molar-refractivity contribution in [2.24, 2.45) is 0 Å². The van der Waals surface area contributed by atoms with Crippen LogP contribution in [0.5, 0.6) is 0 Å². The van der Waals surface area contributed by atoms with E-state index < -0.39 is 0 Å². The van der Waals surface area contributed by atoms with Crippen molar-refractivity contribution in [2.45, 2.75) is 26.2 Å². The van der Waals surface area contributed by atoms with Gasteiger partial charge in [0, 0.05) is 46.0 Å². The maximum atomic E-state index is 11.9. The van der Waals surface area contributed by atoms with E-state index in [9.17, 15) is 4.79 Å². The summed E-state index contributed by atoms with van der Waals surface area (Å²) >= 11 is 0. The Morgan fingerprint density at radius 2 is 1.52 bits per heavy atom. The molecule has 4 nitrogen and oxygen atoms in total. The number of amides is 2. The van der Waals surface area contributed by atoms with Crippen LogP contribution in [0.4, 0.5) is 10.5 Å². The van der Waals surface area contributed by atoms with Crippen molar-refractivity contribution >= 4 is 11.7 Å². The molecule has 0 saturated carbocycles. The van der Waals surface area contributed by atoms with Crippen LogP contribution in [0.25, 0.3) is 0 Å². The molecule has 1 fully saturated rings. The van der Waals surface area contributed by atoms with Crippen LogP contribution in [0.1, 0.15) is 26.3 Å². The SMILES string of the molecule is CN(C)C(=O)N1CCN(c2ccc(C(C)(C)C)cc2)CC1. The summed E-state index contributed by atoms with van der Waals surface area (Å²) in [6.07, 6.45) is 0. The van der Waals surface area contributed by atoms with Crippen molar-refractivity contribution in [3.05, 3.63) is 29.8 Å². The molecular formula is C17H27N3O. The van der Waals surface area contributed by atoms with E-state index in [4.69, 9.17) is 0 Å². The minimum atomic E-state index is 0.109. The van der Waals surface area contributed by atoms with Crippen molar-refractivity contribution in [1.29, 1.82) is 0 Å². The van der Waals surface area contributed by atoms with E-state index in [1.165, 1.54) is 11.3 Å². The summed E-state index contributed by atoms with van der Waals surface area (Å²) in [5.41, 5.74) is 2.79. The van der Waals surface area contributed by atoms with Gasteiger partial charge in [-0.3, -0.25) is 0 Å². The Hall–Kier alpha value is -1.71. The van der Waals surface area contributed by atoms with E-state index in [-0.39, 0.29) is 11.4 Å². The lowest BCUT2D eigenvalue weighted by molar-refractivity contribution is 0.168. The molecule has 1 aliphatic rings. The first-order valence-electron chi connectivity index (χ1n) is 7.61. The first kappa shape index (κ1) is 15.7. The smallest absolute Gasteiger partial charge is 0.319 e. The molecule has 0 aliphatic carbocycles. The molecule has 0 bridgehead atoms. The Balaban J connectivity index is 1.98. The van der Waals surface area contributed by atoms with Crippen LogP contribution in [0.15, 0.2) is 24.3 Å². The van der Waals surface area contributed by atoms with E-state index in [2.05, 4.69) is 49.9 Å². The molecule has 0 atom stereocenters. The van der Waals surface area contributed by atoms with Crippen LogP contribution in [0, 0.1) is 0 Å². The summed E-state index contributed by atoms with van der Waals surface area (Å²) in [7, 11) is 3.61. The first-order valence-corrected chi connectivity index (χ1v) is 7.61. The average Bonchev–Trinajstić information content (AvgIpc) is 2.46. The molecule has 0 spiro atoms. The van der Waals surface area contributed by atoms with Gasteiger partial charge in [-0.1, -0.05) is 32.9 Å². The van der Waals surface area contributed by atoms with Crippen LogP contribution < -0.4 is 4.90 Å². The monoisotopic (exact) mass is 289 g/mol. The molecule has 21 heavy (non-hydrogen) atoms.